The fourth-order valence-electron chi connectivity index (χ4n) is 3.18. The van der Waals surface area contributed by atoms with Gasteiger partial charge in [0.05, 0.1) is 23.0 Å². The summed E-state index contributed by atoms with van der Waals surface area (Å²) < 4.78 is 0. The Balaban J connectivity index is 1.53. The third-order valence-corrected chi connectivity index (χ3v) is 4.68. The van der Waals surface area contributed by atoms with Gasteiger partial charge >= 0.3 is 0 Å². The van der Waals surface area contributed by atoms with Crippen LogP contribution in [0.15, 0.2) is 48.8 Å². The van der Waals surface area contributed by atoms with Gasteiger partial charge in [-0.15, -0.1) is 0 Å². The molecular weight excluding hydrogens is 316 g/mol. The van der Waals surface area contributed by atoms with Crippen molar-refractivity contribution in [2.75, 3.05) is 19.6 Å². The Bertz CT molecular complexity index is 912. The highest BCUT2D eigenvalue weighted by molar-refractivity contribution is 5.95. The lowest BCUT2D eigenvalue weighted by atomic mass is 10.0. The van der Waals surface area contributed by atoms with Crippen LogP contribution >= 0.6 is 0 Å². The van der Waals surface area contributed by atoms with Gasteiger partial charge in [-0.05, 0) is 48.4 Å². The van der Waals surface area contributed by atoms with Crippen molar-refractivity contribution in [2.24, 2.45) is 0 Å². The molecule has 1 aliphatic rings. The SMILES string of the molecule is O=C(NC[C@]1(O)CCNC1)c1cccc(-c2ccc3nc[nH]c3c2)c1. The minimum Gasteiger partial charge on any atom is -0.387 e. The van der Waals surface area contributed by atoms with E-state index in [4.69, 9.17) is 0 Å². The Morgan fingerprint density at radius 3 is 2.96 bits per heavy atom. The van der Waals surface area contributed by atoms with E-state index < -0.39 is 5.60 Å². The van der Waals surface area contributed by atoms with Gasteiger partial charge in [0.25, 0.3) is 5.91 Å². The first-order valence-corrected chi connectivity index (χ1v) is 8.38. The minimum atomic E-state index is -0.848. The molecule has 3 aromatic rings. The van der Waals surface area contributed by atoms with Crippen LogP contribution in [0.3, 0.4) is 0 Å². The molecule has 0 radical (unpaired) electrons. The van der Waals surface area contributed by atoms with Crippen molar-refractivity contribution >= 4 is 16.9 Å². The van der Waals surface area contributed by atoms with Crippen LogP contribution in [0.25, 0.3) is 22.2 Å². The van der Waals surface area contributed by atoms with Crippen molar-refractivity contribution in [1.29, 1.82) is 0 Å². The van der Waals surface area contributed by atoms with Crippen molar-refractivity contribution in [2.45, 2.75) is 12.0 Å². The van der Waals surface area contributed by atoms with Gasteiger partial charge in [0.1, 0.15) is 0 Å². The molecule has 1 saturated heterocycles. The molecule has 6 heteroatoms. The predicted molar refractivity (Wildman–Crippen MR) is 96.3 cm³/mol. The summed E-state index contributed by atoms with van der Waals surface area (Å²) in [5.41, 5.74) is 3.59. The van der Waals surface area contributed by atoms with Crippen LogP contribution in [0.4, 0.5) is 0 Å². The number of carbonyl (C=O) groups excluding carboxylic acids is 1. The molecule has 1 amide bonds. The molecule has 2 heterocycles. The summed E-state index contributed by atoms with van der Waals surface area (Å²) >= 11 is 0. The first-order chi connectivity index (χ1) is 12.1. The minimum absolute atomic E-state index is 0.176. The molecule has 0 aliphatic carbocycles. The highest BCUT2D eigenvalue weighted by Gasteiger charge is 2.31. The quantitative estimate of drug-likeness (QED) is 0.584. The molecule has 25 heavy (non-hydrogen) atoms. The topological polar surface area (TPSA) is 90.0 Å². The molecule has 1 aromatic heterocycles. The zero-order chi connectivity index (χ0) is 17.3. The van der Waals surface area contributed by atoms with Crippen LogP contribution in [0.1, 0.15) is 16.8 Å². The summed E-state index contributed by atoms with van der Waals surface area (Å²) in [6.07, 6.45) is 2.32. The number of aromatic nitrogens is 2. The van der Waals surface area contributed by atoms with E-state index in [9.17, 15) is 9.90 Å². The number of benzene rings is 2. The summed E-state index contributed by atoms with van der Waals surface area (Å²) in [5.74, 6) is -0.176. The van der Waals surface area contributed by atoms with Crippen molar-refractivity contribution in [3.8, 4) is 11.1 Å². The second-order valence-corrected chi connectivity index (χ2v) is 6.55. The van der Waals surface area contributed by atoms with E-state index in [0.717, 1.165) is 28.7 Å². The molecule has 0 spiro atoms. The fourth-order valence-corrected chi connectivity index (χ4v) is 3.18. The Morgan fingerprint density at radius 2 is 2.12 bits per heavy atom. The Kier molecular flexibility index (Phi) is 3.99. The van der Waals surface area contributed by atoms with Crippen LogP contribution in [0, 0.1) is 0 Å². The maximum Gasteiger partial charge on any atom is 0.251 e. The summed E-state index contributed by atoms with van der Waals surface area (Å²) in [6.45, 7) is 1.54. The van der Waals surface area contributed by atoms with Crippen LogP contribution < -0.4 is 10.6 Å². The van der Waals surface area contributed by atoms with E-state index in [0.29, 0.717) is 18.5 Å². The van der Waals surface area contributed by atoms with Crippen molar-refractivity contribution < 1.29 is 9.90 Å². The van der Waals surface area contributed by atoms with Crippen LogP contribution in [0.2, 0.25) is 0 Å². The number of hydrogen-bond acceptors (Lipinski definition) is 4. The van der Waals surface area contributed by atoms with Gasteiger partial charge in [-0.1, -0.05) is 18.2 Å². The number of β-amino-alcohol motifs (C(OH)–C–C–N with tert-alkyl or cyclic N) is 1. The molecule has 4 N–H and O–H groups in total. The van der Waals surface area contributed by atoms with E-state index in [2.05, 4.69) is 20.6 Å². The lowest BCUT2D eigenvalue weighted by Crippen LogP contribution is -2.44. The maximum absolute atomic E-state index is 12.4. The molecule has 128 valence electrons. The summed E-state index contributed by atoms with van der Waals surface area (Å²) in [7, 11) is 0. The molecular formula is C19H20N4O2. The number of aromatic amines is 1. The van der Waals surface area contributed by atoms with Gasteiger partial charge in [-0.25, -0.2) is 4.98 Å². The van der Waals surface area contributed by atoms with Crippen molar-refractivity contribution in [3.05, 3.63) is 54.4 Å². The number of nitrogens with one attached hydrogen (secondary N) is 3. The number of H-pyrrole nitrogens is 1. The fraction of sp³-hybridized carbons (Fsp3) is 0.263. The summed E-state index contributed by atoms with van der Waals surface area (Å²) in [5, 5.41) is 16.3. The molecule has 0 saturated carbocycles. The number of carbonyl (C=O) groups is 1. The van der Waals surface area contributed by atoms with E-state index in [1.54, 1.807) is 12.4 Å². The Labute approximate surface area is 145 Å². The number of aliphatic hydroxyl groups is 1. The number of amides is 1. The zero-order valence-electron chi connectivity index (χ0n) is 13.7. The van der Waals surface area contributed by atoms with Gasteiger partial charge < -0.3 is 20.7 Å². The molecule has 6 nitrogen and oxygen atoms in total. The van der Waals surface area contributed by atoms with E-state index in [-0.39, 0.29) is 12.5 Å². The second kappa shape index (κ2) is 6.31. The molecule has 2 aromatic carbocycles. The molecule has 1 fully saturated rings. The normalized spacial score (nSPS) is 20.0. The average Bonchev–Trinajstić information content (AvgIpc) is 3.28. The number of hydrogen-bond donors (Lipinski definition) is 4. The van der Waals surface area contributed by atoms with Gasteiger partial charge in [-0.3, -0.25) is 4.79 Å². The van der Waals surface area contributed by atoms with Crippen molar-refractivity contribution in [3.63, 3.8) is 0 Å². The summed E-state index contributed by atoms with van der Waals surface area (Å²) in [4.78, 5) is 19.8. The molecule has 1 atom stereocenters. The van der Waals surface area contributed by atoms with Crippen LogP contribution in [-0.2, 0) is 0 Å². The Morgan fingerprint density at radius 1 is 1.24 bits per heavy atom. The third kappa shape index (κ3) is 3.26. The molecule has 0 bridgehead atoms. The van der Waals surface area contributed by atoms with Gasteiger partial charge in [0, 0.05) is 18.7 Å². The monoisotopic (exact) mass is 336 g/mol. The van der Waals surface area contributed by atoms with Gasteiger partial charge in [0.2, 0.25) is 0 Å². The molecule has 1 aliphatic heterocycles. The lowest BCUT2D eigenvalue weighted by Gasteiger charge is -2.21. The smallest absolute Gasteiger partial charge is 0.251 e. The van der Waals surface area contributed by atoms with Crippen molar-refractivity contribution in [1.82, 2.24) is 20.6 Å². The van der Waals surface area contributed by atoms with Gasteiger partial charge in [-0.2, -0.15) is 0 Å². The third-order valence-electron chi connectivity index (χ3n) is 4.68. The number of nitrogens with zero attached hydrogens (tertiary/aromatic N) is 1. The second-order valence-electron chi connectivity index (χ2n) is 6.55. The van der Waals surface area contributed by atoms with Gasteiger partial charge in [0.15, 0.2) is 0 Å². The van der Waals surface area contributed by atoms with Crippen LogP contribution in [-0.4, -0.2) is 46.2 Å². The Hall–Kier alpha value is -2.70. The standard InChI is InChI=1S/C19H20N4O2/c24-18(21-11-19(25)6-7-20-10-19)15-3-1-2-13(8-15)14-4-5-16-17(9-14)23-12-22-16/h1-5,8-9,12,20,25H,6-7,10-11H2,(H,21,24)(H,22,23)/t19-/m0/s1. The summed E-state index contributed by atoms with van der Waals surface area (Å²) in [6, 6.07) is 13.5. The predicted octanol–water partition coefficient (Wildman–Crippen LogP) is 1.68. The lowest BCUT2D eigenvalue weighted by molar-refractivity contribution is 0.0562. The molecule has 4 rings (SSSR count). The highest BCUT2D eigenvalue weighted by Crippen LogP contribution is 2.24. The average molecular weight is 336 g/mol. The largest absolute Gasteiger partial charge is 0.387 e. The highest BCUT2D eigenvalue weighted by atomic mass is 16.3. The van der Waals surface area contributed by atoms with E-state index in [1.807, 2.05) is 36.4 Å². The molecule has 0 unspecified atom stereocenters. The zero-order valence-corrected chi connectivity index (χ0v) is 13.7. The first-order valence-electron chi connectivity index (χ1n) is 8.38. The first kappa shape index (κ1) is 15.8. The number of rotatable bonds is 4. The van der Waals surface area contributed by atoms with E-state index >= 15 is 0 Å². The van der Waals surface area contributed by atoms with E-state index in [1.165, 1.54) is 0 Å². The maximum atomic E-state index is 12.4. The van der Waals surface area contributed by atoms with Crippen LogP contribution in [0.5, 0.6) is 0 Å². The number of imidazole rings is 1. The number of fused-ring (bicyclic) bond motifs is 1.